The fraction of sp³-hybridized carbons (Fsp3) is 0.192. The summed E-state index contributed by atoms with van der Waals surface area (Å²) in [5.41, 5.74) is 6.97. The Bertz CT molecular complexity index is 1360. The lowest BCUT2D eigenvalue weighted by Crippen LogP contribution is -2.19. The molecule has 0 radical (unpaired) electrons. The van der Waals surface area contributed by atoms with Gasteiger partial charge in [-0.05, 0) is 67.3 Å². The first-order valence-electron chi connectivity index (χ1n) is 10.5. The van der Waals surface area contributed by atoms with Gasteiger partial charge in [0.25, 0.3) is 11.5 Å². The van der Waals surface area contributed by atoms with Crippen LogP contribution in [0.4, 0.5) is 5.95 Å². The Balaban J connectivity index is 1.56. The zero-order chi connectivity index (χ0) is 22.8. The van der Waals surface area contributed by atoms with Crippen molar-refractivity contribution in [2.24, 2.45) is 7.05 Å². The van der Waals surface area contributed by atoms with Gasteiger partial charge < -0.3 is 9.13 Å². The lowest BCUT2D eigenvalue weighted by molar-refractivity contribution is 0.102. The van der Waals surface area contributed by atoms with Gasteiger partial charge in [-0.15, -0.1) is 0 Å². The molecule has 2 aromatic heterocycles. The maximum absolute atomic E-state index is 12.9. The van der Waals surface area contributed by atoms with E-state index in [-0.39, 0.29) is 11.5 Å². The first kappa shape index (κ1) is 21.3. The quantitative estimate of drug-likeness (QED) is 0.512. The number of rotatable bonds is 5. The van der Waals surface area contributed by atoms with E-state index in [2.05, 4.69) is 43.2 Å². The van der Waals surface area contributed by atoms with Crippen LogP contribution in [-0.4, -0.2) is 20.0 Å². The molecule has 0 unspecified atom stereocenters. The number of carbonyl (C=O) groups is 1. The van der Waals surface area contributed by atoms with E-state index in [4.69, 9.17) is 0 Å². The van der Waals surface area contributed by atoms with Crippen molar-refractivity contribution in [3.63, 3.8) is 0 Å². The van der Waals surface area contributed by atoms with E-state index in [0.29, 0.717) is 18.1 Å². The van der Waals surface area contributed by atoms with Crippen LogP contribution in [-0.2, 0) is 13.6 Å². The zero-order valence-electron chi connectivity index (χ0n) is 18.7. The summed E-state index contributed by atoms with van der Waals surface area (Å²) >= 11 is 0. The standard InChI is InChI=1S/C26H26N4O2/c1-17-12-19(3)22(13-18(17)2)23-15-27-26(29(23)4)28-25(32)21-9-7-8-20(14-21)16-30-11-6-5-10-24(30)31/h5-15H,16H2,1-4H3,(H,27,28,32). The molecule has 0 saturated heterocycles. The molecule has 0 aliphatic heterocycles. The summed E-state index contributed by atoms with van der Waals surface area (Å²) in [6.07, 6.45) is 3.52. The second-order valence-corrected chi connectivity index (χ2v) is 8.10. The average Bonchev–Trinajstić information content (AvgIpc) is 3.12. The number of amides is 1. The molecule has 162 valence electrons. The number of anilines is 1. The van der Waals surface area contributed by atoms with Crippen molar-refractivity contribution in [3.8, 4) is 11.3 Å². The van der Waals surface area contributed by atoms with Gasteiger partial charge in [0, 0.05) is 30.4 Å². The van der Waals surface area contributed by atoms with Crippen molar-refractivity contribution < 1.29 is 4.79 Å². The Labute approximate surface area is 187 Å². The number of hydrogen-bond donors (Lipinski definition) is 1. The third kappa shape index (κ3) is 4.25. The van der Waals surface area contributed by atoms with Crippen LogP contribution < -0.4 is 10.9 Å². The molecular formula is C26H26N4O2. The van der Waals surface area contributed by atoms with Gasteiger partial charge in [0.05, 0.1) is 18.4 Å². The highest BCUT2D eigenvalue weighted by Gasteiger charge is 2.15. The number of aryl methyl sites for hydroxylation is 3. The summed E-state index contributed by atoms with van der Waals surface area (Å²) in [6.45, 7) is 6.67. The van der Waals surface area contributed by atoms with E-state index >= 15 is 0 Å². The smallest absolute Gasteiger partial charge is 0.257 e. The molecule has 0 aliphatic rings. The minimum atomic E-state index is -0.246. The number of nitrogens with zero attached hydrogens (tertiary/aromatic N) is 3. The minimum Gasteiger partial charge on any atom is -0.313 e. The van der Waals surface area contributed by atoms with Gasteiger partial charge in [-0.1, -0.05) is 24.3 Å². The van der Waals surface area contributed by atoms with Crippen molar-refractivity contribution in [3.05, 3.63) is 105 Å². The minimum absolute atomic E-state index is 0.0791. The third-order valence-electron chi connectivity index (χ3n) is 5.77. The number of carbonyl (C=O) groups excluding carboxylic acids is 1. The molecule has 1 amide bonds. The van der Waals surface area contributed by atoms with Crippen LogP contribution >= 0.6 is 0 Å². The lowest BCUT2D eigenvalue weighted by Gasteiger charge is -2.12. The Morgan fingerprint density at radius 3 is 2.53 bits per heavy atom. The highest BCUT2D eigenvalue weighted by atomic mass is 16.2. The van der Waals surface area contributed by atoms with Crippen LogP contribution in [0.3, 0.4) is 0 Å². The normalized spacial score (nSPS) is 10.9. The fourth-order valence-electron chi connectivity index (χ4n) is 3.79. The topological polar surface area (TPSA) is 68.9 Å². The summed E-state index contributed by atoms with van der Waals surface area (Å²) in [6, 6.07) is 16.6. The maximum Gasteiger partial charge on any atom is 0.257 e. The van der Waals surface area contributed by atoms with Gasteiger partial charge in [0.1, 0.15) is 0 Å². The van der Waals surface area contributed by atoms with Gasteiger partial charge in [-0.2, -0.15) is 0 Å². The number of nitrogens with one attached hydrogen (secondary N) is 1. The summed E-state index contributed by atoms with van der Waals surface area (Å²) in [5.74, 6) is 0.233. The SMILES string of the molecule is Cc1cc(C)c(-c2cnc(NC(=O)c3cccc(Cn4ccccc4=O)c3)n2C)cc1C. The molecule has 2 aromatic carbocycles. The summed E-state index contributed by atoms with van der Waals surface area (Å²) in [5, 5.41) is 2.91. The molecule has 0 atom stereocenters. The number of hydrogen-bond acceptors (Lipinski definition) is 3. The Hall–Kier alpha value is -3.93. The highest BCUT2D eigenvalue weighted by Crippen LogP contribution is 2.28. The van der Waals surface area contributed by atoms with Crippen molar-refractivity contribution in [2.45, 2.75) is 27.3 Å². The van der Waals surface area contributed by atoms with E-state index in [9.17, 15) is 9.59 Å². The molecule has 4 aromatic rings. The summed E-state index contributed by atoms with van der Waals surface area (Å²) in [4.78, 5) is 29.3. The van der Waals surface area contributed by atoms with Crippen LogP contribution in [0.25, 0.3) is 11.3 Å². The molecule has 32 heavy (non-hydrogen) atoms. The molecule has 6 nitrogen and oxygen atoms in total. The van der Waals surface area contributed by atoms with Gasteiger partial charge in [-0.25, -0.2) is 4.98 Å². The van der Waals surface area contributed by atoms with E-state index in [0.717, 1.165) is 22.4 Å². The molecular weight excluding hydrogens is 400 g/mol. The third-order valence-corrected chi connectivity index (χ3v) is 5.77. The molecule has 6 heteroatoms. The van der Waals surface area contributed by atoms with Gasteiger partial charge in [-0.3, -0.25) is 14.9 Å². The monoisotopic (exact) mass is 426 g/mol. The largest absolute Gasteiger partial charge is 0.313 e. The van der Waals surface area contributed by atoms with Gasteiger partial charge in [0.2, 0.25) is 5.95 Å². The van der Waals surface area contributed by atoms with E-state index in [1.54, 1.807) is 35.2 Å². The Kier molecular flexibility index (Phi) is 5.77. The molecule has 0 aliphatic carbocycles. The van der Waals surface area contributed by atoms with Crippen LogP contribution in [0.2, 0.25) is 0 Å². The second kappa shape index (κ2) is 8.67. The highest BCUT2D eigenvalue weighted by molar-refractivity contribution is 6.03. The summed E-state index contributed by atoms with van der Waals surface area (Å²) in [7, 11) is 1.89. The van der Waals surface area contributed by atoms with Crippen LogP contribution in [0.5, 0.6) is 0 Å². The van der Waals surface area contributed by atoms with E-state index in [1.807, 2.05) is 29.8 Å². The molecule has 2 heterocycles. The van der Waals surface area contributed by atoms with Crippen molar-refractivity contribution in [2.75, 3.05) is 5.32 Å². The zero-order valence-corrected chi connectivity index (χ0v) is 18.7. The van der Waals surface area contributed by atoms with E-state index < -0.39 is 0 Å². The summed E-state index contributed by atoms with van der Waals surface area (Å²) < 4.78 is 3.50. The molecule has 1 N–H and O–H groups in total. The predicted molar refractivity (Wildman–Crippen MR) is 127 cm³/mol. The number of aromatic nitrogens is 3. The first-order valence-corrected chi connectivity index (χ1v) is 10.5. The fourth-order valence-corrected chi connectivity index (χ4v) is 3.79. The average molecular weight is 427 g/mol. The maximum atomic E-state index is 12.9. The molecule has 0 spiro atoms. The number of pyridine rings is 1. The van der Waals surface area contributed by atoms with Crippen molar-refractivity contribution in [1.82, 2.24) is 14.1 Å². The van der Waals surface area contributed by atoms with Crippen LogP contribution in [0.1, 0.15) is 32.6 Å². The molecule has 4 rings (SSSR count). The van der Waals surface area contributed by atoms with Crippen LogP contribution in [0, 0.1) is 20.8 Å². The molecule has 0 saturated carbocycles. The van der Waals surface area contributed by atoms with Crippen LogP contribution in [0.15, 0.2) is 71.8 Å². The second-order valence-electron chi connectivity index (χ2n) is 8.10. The first-order chi connectivity index (χ1) is 15.3. The van der Waals surface area contributed by atoms with E-state index in [1.165, 1.54) is 17.2 Å². The van der Waals surface area contributed by atoms with Crippen molar-refractivity contribution >= 4 is 11.9 Å². The van der Waals surface area contributed by atoms with Gasteiger partial charge >= 0.3 is 0 Å². The Morgan fingerprint density at radius 2 is 1.75 bits per heavy atom. The molecule has 0 fully saturated rings. The Morgan fingerprint density at radius 1 is 0.969 bits per heavy atom. The number of imidazole rings is 1. The number of benzene rings is 2. The van der Waals surface area contributed by atoms with Gasteiger partial charge in [0.15, 0.2) is 0 Å². The van der Waals surface area contributed by atoms with Crippen molar-refractivity contribution in [1.29, 1.82) is 0 Å². The predicted octanol–water partition coefficient (Wildman–Crippen LogP) is 4.47. The lowest BCUT2D eigenvalue weighted by atomic mass is 9.99. The molecule has 0 bridgehead atoms.